The van der Waals surface area contributed by atoms with Gasteiger partial charge in [0.25, 0.3) is 6.01 Å². The fourth-order valence-electron chi connectivity index (χ4n) is 2.46. The lowest BCUT2D eigenvalue weighted by atomic mass is 10.3. The van der Waals surface area contributed by atoms with Gasteiger partial charge < -0.3 is 24.7 Å². The maximum absolute atomic E-state index is 5.76. The van der Waals surface area contributed by atoms with Crippen LogP contribution in [0.2, 0.25) is 0 Å². The Balaban J connectivity index is 1.73. The fraction of sp³-hybridized carbons (Fsp3) is 0.500. The van der Waals surface area contributed by atoms with Crippen molar-refractivity contribution >= 4 is 22.8 Å². The van der Waals surface area contributed by atoms with Gasteiger partial charge in [-0.05, 0) is 25.2 Å². The van der Waals surface area contributed by atoms with E-state index < -0.39 is 0 Å². The van der Waals surface area contributed by atoms with Crippen LogP contribution >= 0.6 is 0 Å². The number of morpholine rings is 1. The van der Waals surface area contributed by atoms with Gasteiger partial charge in [0, 0.05) is 32.4 Å². The molecule has 2 heterocycles. The topological polar surface area (TPSA) is 67.8 Å². The maximum Gasteiger partial charge on any atom is 0.298 e. The van der Waals surface area contributed by atoms with E-state index in [4.69, 9.17) is 14.9 Å². The standard InChI is InChI=1S/C14H20N4O2/c1-17-5-6-19-11(8-17)9-18(2)14-16-12-7-10(15)3-4-13(12)20-14/h3-4,7,11H,5-6,8-9,15H2,1-2H3/t11-/m1/s1. The summed E-state index contributed by atoms with van der Waals surface area (Å²) < 4.78 is 11.5. The summed E-state index contributed by atoms with van der Waals surface area (Å²) in [5, 5.41) is 0. The summed E-state index contributed by atoms with van der Waals surface area (Å²) in [6, 6.07) is 6.08. The van der Waals surface area contributed by atoms with Crippen molar-refractivity contribution in [3.8, 4) is 0 Å². The highest BCUT2D eigenvalue weighted by Crippen LogP contribution is 2.23. The summed E-state index contributed by atoms with van der Waals surface area (Å²) in [4.78, 5) is 8.73. The van der Waals surface area contributed by atoms with E-state index in [0.29, 0.717) is 11.7 Å². The monoisotopic (exact) mass is 276 g/mol. The van der Waals surface area contributed by atoms with Crippen LogP contribution in [0.5, 0.6) is 0 Å². The van der Waals surface area contributed by atoms with Crippen molar-refractivity contribution in [1.82, 2.24) is 9.88 Å². The number of aromatic nitrogens is 1. The van der Waals surface area contributed by atoms with E-state index in [1.54, 1.807) is 0 Å². The first kappa shape index (κ1) is 13.2. The van der Waals surface area contributed by atoms with Crippen LogP contribution < -0.4 is 10.6 Å². The van der Waals surface area contributed by atoms with E-state index in [2.05, 4.69) is 16.9 Å². The molecule has 108 valence electrons. The molecule has 1 saturated heterocycles. The van der Waals surface area contributed by atoms with Crippen LogP contribution in [0.3, 0.4) is 0 Å². The number of ether oxygens (including phenoxy) is 1. The van der Waals surface area contributed by atoms with Crippen LogP contribution in [0.15, 0.2) is 22.6 Å². The molecule has 1 aliphatic heterocycles. The number of nitrogens with zero attached hydrogens (tertiary/aromatic N) is 3. The first-order chi connectivity index (χ1) is 9.61. The van der Waals surface area contributed by atoms with Gasteiger partial charge in [0.1, 0.15) is 5.52 Å². The number of nitrogen functional groups attached to an aromatic ring is 1. The summed E-state index contributed by atoms with van der Waals surface area (Å²) in [6.45, 7) is 3.45. The highest BCUT2D eigenvalue weighted by atomic mass is 16.5. The van der Waals surface area contributed by atoms with Gasteiger partial charge in [-0.3, -0.25) is 0 Å². The third-order valence-electron chi connectivity index (χ3n) is 3.55. The summed E-state index contributed by atoms with van der Waals surface area (Å²) >= 11 is 0. The predicted molar refractivity (Wildman–Crippen MR) is 78.9 cm³/mol. The minimum atomic E-state index is 0.179. The zero-order valence-corrected chi connectivity index (χ0v) is 11.9. The van der Waals surface area contributed by atoms with Crippen molar-refractivity contribution in [2.45, 2.75) is 6.10 Å². The van der Waals surface area contributed by atoms with Crippen LogP contribution in [-0.2, 0) is 4.74 Å². The molecule has 1 aromatic heterocycles. The van der Waals surface area contributed by atoms with Gasteiger partial charge in [0.05, 0.1) is 12.7 Å². The number of fused-ring (bicyclic) bond motifs is 1. The van der Waals surface area contributed by atoms with Crippen molar-refractivity contribution in [1.29, 1.82) is 0 Å². The minimum absolute atomic E-state index is 0.179. The Hall–Kier alpha value is -1.79. The molecule has 0 bridgehead atoms. The number of oxazole rings is 1. The molecule has 0 aliphatic carbocycles. The summed E-state index contributed by atoms with van der Waals surface area (Å²) in [7, 11) is 4.07. The van der Waals surface area contributed by atoms with E-state index >= 15 is 0 Å². The molecule has 6 heteroatoms. The third kappa shape index (κ3) is 2.71. The zero-order chi connectivity index (χ0) is 14.1. The van der Waals surface area contributed by atoms with Crippen LogP contribution in [0, 0.1) is 0 Å². The average molecular weight is 276 g/mol. The maximum atomic E-state index is 5.76. The summed E-state index contributed by atoms with van der Waals surface area (Å²) in [5.41, 5.74) is 7.98. The fourth-order valence-corrected chi connectivity index (χ4v) is 2.46. The number of anilines is 2. The predicted octanol–water partition coefficient (Wildman–Crippen LogP) is 1.18. The number of nitrogens with two attached hydrogens (primary N) is 1. The summed E-state index contributed by atoms with van der Waals surface area (Å²) in [5.74, 6) is 0. The van der Waals surface area contributed by atoms with Crippen molar-refractivity contribution < 1.29 is 9.15 Å². The Morgan fingerprint density at radius 3 is 3.15 bits per heavy atom. The smallest absolute Gasteiger partial charge is 0.298 e. The van der Waals surface area contributed by atoms with Crippen LogP contribution in [-0.4, -0.2) is 56.3 Å². The molecule has 0 unspecified atom stereocenters. The highest BCUT2D eigenvalue weighted by Gasteiger charge is 2.21. The first-order valence-corrected chi connectivity index (χ1v) is 6.79. The van der Waals surface area contributed by atoms with Crippen molar-refractivity contribution in [3.05, 3.63) is 18.2 Å². The zero-order valence-electron chi connectivity index (χ0n) is 11.9. The number of likely N-dealkylation sites (N-methyl/N-ethyl adjacent to an activating group) is 2. The molecule has 0 spiro atoms. The second-order valence-electron chi connectivity index (χ2n) is 5.36. The quantitative estimate of drug-likeness (QED) is 0.849. The lowest BCUT2D eigenvalue weighted by Crippen LogP contribution is -2.45. The molecule has 1 aromatic carbocycles. The Bertz CT molecular complexity index is 598. The Kier molecular flexibility index (Phi) is 3.50. The molecule has 1 atom stereocenters. The van der Waals surface area contributed by atoms with Crippen molar-refractivity contribution in [3.63, 3.8) is 0 Å². The number of rotatable bonds is 3. The van der Waals surface area contributed by atoms with E-state index in [1.165, 1.54) is 0 Å². The van der Waals surface area contributed by atoms with Gasteiger partial charge in [-0.15, -0.1) is 0 Å². The molecule has 2 N–H and O–H groups in total. The lowest BCUT2D eigenvalue weighted by molar-refractivity contribution is -0.0146. The number of hydrogen-bond donors (Lipinski definition) is 1. The lowest BCUT2D eigenvalue weighted by Gasteiger charge is -2.32. The van der Waals surface area contributed by atoms with Gasteiger partial charge in [-0.2, -0.15) is 4.98 Å². The number of hydrogen-bond acceptors (Lipinski definition) is 6. The van der Waals surface area contributed by atoms with Crippen LogP contribution in [0.4, 0.5) is 11.7 Å². The second kappa shape index (κ2) is 5.30. The normalized spacial score (nSPS) is 20.4. The summed E-state index contributed by atoms with van der Waals surface area (Å²) in [6.07, 6.45) is 0.179. The molecule has 2 aromatic rings. The van der Waals surface area contributed by atoms with Crippen molar-refractivity contribution in [2.75, 3.05) is 51.0 Å². The Labute approximate surface area is 118 Å². The van der Waals surface area contributed by atoms with E-state index in [-0.39, 0.29) is 6.10 Å². The third-order valence-corrected chi connectivity index (χ3v) is 3.55. The van der Waals surface area contributed by atoms with Crippen molar-refractivity contribution in [2.24, 2.45) is 0 Å². The molecule has 6 nitrogen and oxygen atoms in total. The minimum Gasteiger partial charge on any atom is -0.423 e. The molecule has 1 aliphatic rings. The van der Waals surface area contributed by atoms with Gasteiger partial charge in [-0.1, -0.05) is 0 Å². The van der Waals surface area contributed by atoms with E-state index in [9.17, 15) is 0 Å². The first-order valence-electron chi connectivity index (χ1n) is 6.79. The van der Waals surface area contributed by atoms with E-state index in [1.807, 2.05) is 30.1 Å². The van der Waals surface area contributed by atoms with Gasteiger partial charge >= 0.3 is 0 Å². The van der Waals surface area contributed by atoms with Gasteiger partial charge in [0.15, 0.2) is 5.58 Å². The second-order valence-corrected chi connectivity index (χ2v) is 5.36. The molecule has 0 amide bonds. The van der Waals surface area contributed by atoms with Crippen LogP contribution in [0.1, 0.15) is 0 Å². The Morgan fingerprint density at radius 1 is 1.50 bits per heavy atom. The molecular formula is C14H20N4O2. The molecule has 20 heavy (non-hydrogen) atoms. The van der Waals surface area contributed by atoms with E-state index in [0.717, 1.165) is 37.3 Å². The molecular weight excluding hydrogens is 256 g/mol. The average Bonchev–Trinajstić information content (AvgIpc) is 2.81. The largest absolute Gasteiger partial charge is 0.423 e. The molecule has 0 radical (unpaired) electrons. The van der Waals surface area contributed by atoms with Gasteiger partial charge in [-0.25, -0.2) is 0 Å². The molecule has 3 rings (SSSR count). The van der Waals surface area contributed by atoms with Crippen LogP contribution in [0.25, 0.3) is 11.1 Å². The SMILES string of the molecule is CN1CCO[C@@H](CN(C)c2nc3cc(N)ccc3o2)C1. The molecule has 0 saturated carbocycles. The molecule has 1 fully saturated rings. The van der Waals surface area contributed by atoms with Gasteiger partial charge in [0.2, 0.25) is 0 Å². The number of benzene rings is 1. The Morgan fingerprint density at radius 2 is 2.35 bits per heavy atom. The highest BCUT2D eigenvalue weighted by molar-refractivity contribution is 5.78.